The van der Waals surface area contributed by atoms with Gasteiger partial charge in [0.25, 0.3) is 0 Å². The molecule has 140 valence electrons. The molecule has 5 nitrogen and oxygen atoms in total. The summed E-state index contributed by atoms with van der Waals surface area (Å²) >= 11 is 0. The molecular formula is C22H25N3O2. The molecule has 1 aliphatic rings. The van der Waals surface area contributed by atoms with Crippen LogP contribution in [0.25, 0.3) is 22.6 Å². The molecule has 2 heterocycles. The van der Waals surface area contributed by atoms with Gasteiger partial charge < -0.3 is 14.1 Å². The molecule has 1 aromatic heterocycles. The summed E-state index contributed by atoms with van der Waals surface area (Å²) in [6.07, 6.45) is 3.27. The van der Waals surface area contributed by atoms with E-state index in [0.29, 0.717) is 5.89 Å². The van der Waals surface area contributed by atoms with Gasteiger partial charge in [0.1, 0.15) is 18.6 Å². The van der Waals surface area contributed by atoms with Crippen molar-refractivity contribution in [3.8, 4) is 28.3 Å². The molecule has 1 aliphatic heterocycles. The molecule has 0 unspecified atom stereocenters. The van der Waals surface area contributed by atoms with E-state index >= 15 is 0 Å². The fourth-order valence-electron chi connectivity index (χ4n) is 3.37. The summed E-state index contributed by atoms with van der Waals surface area (Å²) in [7, 11) is 2.18. The molecule has 0 aliphatic carbocycles. The van der Waals surface area contributed by atoms with Crippen LogP contribution in [0.4, 0.5) is 0 Å². The minimum absolute atomic E-state index is 0.637. The Kier molecular flexibility index (Phi) is 5.51. The number of rotatable bonds is 6. The molecule has 3 aromatic rings. The van der Waals surface area contributed by atoms with E-state index in [1.807, 2.05) is 30.3 Å². The van der Waals surface area contributed by atoms with Crippen LogP contribution < -0.4 is 4.74 Å². The highest BCUT2D eigenvalue weighted by atomic mass is 16.5. The molecule has 0 saturated carbocycles. The molecule has 5 heteroatoms. The first-order chi connectivity index (χ1) is 13.3. The van der Waals surface area contributed by atoms with Crippen LogP contribution in [0.5, 0.6) is 5.75 Å². The summed E-state index contributed by atoms with van der Waals surface area (Å²) in [6.45, 7) is 6.21. The topological polar surface area (TPSA) is 41.7 Å². The Labute approximate surface area is 160 Å². The number of nitrogens with zero attached hydrogens (tertiary/aromatic N) is 3. The highest BCUT2D eigenvalue weighted by Crippen LogP contribution is 2.31. The Morgan fingerprint density at radius 1 is 0.963 bits per heavy atom. The second-order valence-electron chi connectivity index (χ2n) is 6.90. The van der Waals surface area contributed by atoms with Crippen LogP contribution in [-0.4, -0.2) is 61.2 Å². The van der Waals surface area contributed by atoms with E-state index in [4.69, 9.17) is 9.15 Å². The van der Waals surface area contributed by atoms with E-state index in [-0.39, 0.29) is 0 Å². The lowest BCUT2D eigenvalue weighted by Crippen LogP contribution is -2.45. The van der Waals surface area contributed by atoms with Crippen molar-refractivity contribution in [2.24, 2.45) is 0 Å². The van der Waals surface area contributed by atoms with Crippen LogP contribution in [-0.2, 0) is 0 Å². The van der Waals surface area contributed by atoms with E-state index in [9.17, 15) is 0 Å². The maximum Gasteiger partial charge on any atom is 0.226 e. The normalized spacial score (nSPS) is 15.7. The lowest BCUT2D eigenvalue weighted by atomic mass is 9.99. The summed E-state index contributed by atoms with van der Waals surface area (Å²) in [5, 5.41) is 0. The second kappa shape index (κ2) is 8.37. The number of piperazine rings is 1. The van der Waals surface area contributed by atoms with Crippen molar-refractivity contribution < 1.29 is 9.15 Å². The Hall–Kier alpha value is -2.63. The number of oxazole rings is 1. The zero-order valence-electron chi connectivity index (χ0n) is 15.7. The van der Waals surface area contributed by atoms with Gasteiger partial charge in [-0.3, -0.25) is 4.90 Å². The van der Waals surface area contributed by atoms with Crippen molar-refractivity contribution in [1.29, 1.82) is 0 Å². The highest BCUT2D eigenvalue weighted by Gasteiger charge is 2.13. The molecule has 1 fully saturated rings. The predicted octanol–water partition coefficient (Wildman–Crippen LogP) is 3.63. The molecule has 4 rings (SSSR count). The third-order valence-electron chi connectivity index (χ3n) is 5.03. The van der Waals surface area contributed by atoms with Gasteiger partial charge in [0.2, 0.25) is 5.89 Å². The Bertz CT molecular complexity index is 838. The number of aromatic nitrogens is 1. The summed E-state index contributed by atoms with van der Waals surface area (Å²) in [4.78, 5) is 9.11. The lowest BCUT2D eigenvalue weighted by Gasteiger charge is -2.32. The Balaban J connectivity index is 1.38. The molecule has 0 bridgehead atoms. The van der Waals surface area contributed by atoms with E-state index in [0.717, 1.165) is 61.8 Å². The molecule has 0 atom stereocenters. The van der Waals surface area contributed by atoms with Crippen molar-refractivity contribution in [2.45, 2.75) is 0 Å². The fourth-order valence-corrected chi connectivity index (χ4v) is 3.37. The largest absolute Gasteiger partial charge is 0.492 e. The maximum absolute atomic E-state index is 5.94. The quantitative estimate of drug-likeness (QED) is 0.669. The predicted molar refractivity (Wildman–Crippen MR) is 107 cm³/mol. The van der Waals surface area contributed by atoms with Gasteiger partial charge in [0, 0.05) is 38.3 Å². The zero-order valence-corrected chi connectivity index (χ0v) is 15.7. The van der Waals surface area contributed by atoms with Crippen molar-refractivity contribution in [3.05, 3.63) is 61.0 Å². The van der Waals surface area contributed by atoms with Crippen LogP contribution >= 0.6 is 0 Å². The van der Waals surface area contributed by atoms with Crippen LogP contribution in [0.15, 0.2) is 65.4 Å². The molecule has 0 spiro atoms. The van der Waals surface area contributed by atoms with Crippen LogP contribution in [0.1, 0.15) is 0 Å². The third-order valence-corrected chi connectivity index (χ3v) is 5.03. The second-order valence-corrected chi connectivity index (χ2v) is 6.90. The smallest absolute Gasteiger partial charge is 0.226 e. The molecule has 0 N–H and O–H groups in total. The van der Waals surface area contributed by atoms with Crippen LogP contribution in [0, 0.1) is 0 Å². The molecule has 0 radical (unpaired) electrons. The molecule has 2 aromatic carbocycles. The SMILES string of the molecule is CN1CCN(CCOc2ccc(-c3ccccc3-c3ncco3)cc2)CC1. The van der Waals surface area contributed by atoms with Crippen molar-refractivity contribution in [2.75, 3.05) is 46.4 Å². The van der Waals surface area contributed by atoms with Gasteiger partial charge in [-0.25, -0.2) is 4.98 Å². The fraction of sp³-hybridized carbons (Fsp3) is 0.318. The summed E-state index contributed by atoms with van der Waals surface area (Å²) in [5.74, 6) is 1.54. The van der Waals surface area contributed by atoms with E-state index in [2.05, 4.69) is 40.0 Å². The minimum Gasteiger partial charge on any atom is -0.492 e. The monoisotopic (exact) mass is 363 g/mol. The van der Waals surface area contributed by atoms with Crippen molar-refractivity contribution in [1.82, 2.24) is 14.8 Å². The standard InChI is InChI=1S/C22H25N3O2/c1-24-11-13-25(14-12-24)15-17-26-19-8-6-18(7-9-19)20-4-2-3-5-21(20)22-23-10-16-27-22/h2-10,16H,11-15,17H2,1H3. The maximum atomic E-state index is 5.94. The number of hydrogen-bond acceptors (Lipinski definition) is 5. The van der Waals surface area contributed by atoms with Gasteiger partial charge in [-0.2, -0.15) is 0 Å². The first-order valence-corrected chi connectivity index (χ1v) is 9.42. The van der Waals surface area contributed by atoms with Gasteiger partial charge in [-0.1, -0.05) is 30.3 Å². The lowest BCUT2D eigenvalue weighted by molar-refractivity contribution is 0.134. The number of likely N-dealkylation sites (N-methyl/N-ethyl adjacent to an activating group) is 1. The average Bonchev–Trinajstić information content (AvgIpc) is 3.25. The Morgan fingerprint density at radius 2 is 1.70 bits per heavy atom. The highest BCUT2D eigenvalue weighted by molar-refractivity contribution is 5.80. The Morgan fingerprint density at radius 3 is 2.41 bits per heavy atom. The first-order valence-electron chi connectivity index (χ1n) is 9.42. The van der Waals surface area contributed by atoms with Gasteiger partial charge in [0.15, 0.2) is 0 Å². The van der Waals surface area contributed by atoms with Gasteiger partial charge in [-0.15, -0.1) is 0 Å². The van der Waals surface area contributed by atoms with E-state index in [1.165, 1.54) is 0 Å². The average molecular weight is 363 g/mol. The van der Waals surface area contributed by atoms with Crippen LogP contribution in [0.3, 0.4) is 0 Å². The minimum atomic E-state index is 0.637. The van der Waals surface area contributed by atoms with E-state index < -0.39 is 0 Å². The first kappa shape index (κ1) is 17.8. The number of hydrogen-bond donors (Lipinski definition) is 0. The molecule has 27 heavy (non-hydrogen) atoms. The third kappa shape index (κ3) is 4.38. The van der Waals surface area contributed by atoms with Gasteiger partial charge >= 0.3 is 0 Å². The van der Waals surface area contributed by atoms with Crippen molar-refractivity contribution >= 4 is 0 Å². The molecule has 0 amide bonds. The summed E-state index contributed by atoms with van der Waals surface area (Å²) < 4.78 is 11.4. The van der Waals surface area contributed by atoms with Crippen LogP contribution in [0.2, 0.25) is 0 Å². The molecular weight excluding hydrogens is 338 g/mol. The molecule has 1 saturated heterocycles. The number of ether oxygens (including phenoxy) is 1. The van der Waals surface area contributed by atoms with Gasteiger partial charge in [-0.05, 0) is 36.4 Å². The van der Waals surface area contributed by atoms with E-state index in [1.54, 1.807) is 12.5 Å². The number of benzene rings is 2. The van der Waals surface area contributed by atoms with Crippen molar-refractivity contribution in [3.63, 3.8) is 0 Å². The van der Waals surface area contributed by atoms with Gasteiger partial charge in [0.05, 0.1) is 6.20 Å². The zero-order chi connectivity index (χ0) is 18.5. The summed E-state index contributed by atoms with van der Waals surface area (Å²) in [6, 6.07) is 16.4. The summed E-state index contributed by atoms with van der Waals surface area (Å²) in [5.41, 5.74) is 3.21.